The average molecular weight is 97.2 g/mol. The van der Waals surface area contributed by atoms with E-state index in [1.54, 1.807) is 0 Å². The van der Waals surface area contributed by atoms with E-state index in [1.807, 2.05) is 0 Å². The Morgan fingerprint density at radius 2 is 2.57 bits per heavy atom. The monoisotopic (exact) mass is 97.1 g/mol. The molecule has 0 aromatic carbocycles. The van der Waals surface area contributed by atoms with Gasteiger partial charge in [0.25, 0.3) is 0 Å². The van der Waals surface area contributed by atoms with E-state index in [4.69, 9.17) is 0 Å². The normalized spacial score (nSPS) is 57.0. The van der Waals surface area contributed by atoms with Crippen LogP contribution in [0.25, 0.3) is 0 Å². The number of fused-ring (bicyclic) bond motifs is 1. The molecule has 40 valence electrons. The van der Waals surface area contributed by atoms with Crippen molar-refractivity contribution >= 4 is 0 Å². The molecule has 1 N–H and O–H groups in total. The average Bonchev–Trinajstić information content (AvgIpc) is 2.09. The minimum absolute atomic E-state index is 0.750. The topological polar surface area (TPSA) is 12.0 Å². The summed E-state index contributed by atoms with van der Waals surface area (Å²) in [7, 11) is 0. The van der Waals surface area contributed by atoms with Crippen LogP contribution in [0.5, 0.6) is 0 Å². The molecule has 0 radical (unpaired) electrons. The molecular weight excluding hydrogens is 86.1 g/mol. The molecule has 0 aromatic heterocycles. The van der Waals surface area contributed by atoms with Gasteiger partial charge >= 0.3 is 0 Å². The second kappa shape index (κ2) is 0.873. The number of nitrogens with one attached hydrogen (secondary N) is 1. The summed E-state index contributed by atoms with van der Waals surface area (Å²) in [6, 6.07) is 0. The van der Waals surface area contributed by atoms with Crippen LogP contribution in [-0.4, -0.2) is 13.1 Å². The summed E-state index contributed by atoms with van der Waals surface area (Å²) in [6.45, 7) is 4.94. The standard InChI is InChI=1S/C6H11N/c1-6-2-5(6)3-7-4-6/h5,7H,2-4H2,1H3/t5-,6+/m0/s1. The molecule has 1 aliphatic carbocycles. The largest absolute Gasteiger partial charge is 0.316 e. The molecule has 2 aliphatic rings. The summed E-state index contributed by atoms with van der Waals surface area (Å²) < 4.78 is 0. The van der Waals surface area contributed by atoms with Crippen molar-refractivity contribution in [3.8, 4) is 0 Å². The van der Waals surface area contributed by atoms with Crippen LogP contribution in [0.3, 0.4) is 0 Å². The van der Waals surface area contributed by atoms with E-state index in [2.05, 4.69) is 12.2 Å². The van der Waals surface area contributed by atoms with Crippen molar-refractivity contribution in [1.82, 2.24) is 5.32 Å². The second-order valence-corrected chi connectivity index (χ2v) is 3.19. The third-order valence-electron chi connectivity index (χ3n) is 2.46. The van der Waals surface area contributed by atoms with E-state index in [-0.39, 0.29) is 0 Å². The Balaban J connectivity index is 2.17. The maximum atomic E-state index is 3.36. The van der Waals surface area contributed by atoms with Gasteiger partial charge in [0.2, 0.25) is 0 Å². The zero-order chi connectivity index (χ0) is 4.91. The predicted molar refractivity (Wildman–Crippen MR) is 29.1 cm³/mol. The second-order valence-electron chi connectivity index (χ2n) is 3.19. The first-order valence-electron chi connectivity index (χ1n) is 3.02. The quantitative estimate of drug-likeness (QED) is 0.467. The van der Waals surface area contributed by atoms with Crippen molar-refractivity contribution in [2.45, 2.75) is 13.3 Å². The summed E-state index contributed by atoms with van der Waals surface area (Å²) in [5, 5.41) is 3.36. The van der Waals surface area contributed by atoms with Crippen LogP contribution >= 0.6 is 0 Å². The molecule has 1 heteroatoms. The minimum atomic E-state index is 0.750. The highest BCUT2D eigenvalue weighted by atomic mass is 15.0. The SMILES string of the molecule is C[C@@]12CNC[C@@H]1C2. The van der Waals surface area contributed by atoms with Crippen molar-refractivity contribution in [1.29, 1.82) is 0 Å². The Bertz CT molecular complexity index is 98.4. The van der Waals surface area contributed by atoms with Gasteiger partial charge in [0.15, 0.2) is 0 Å². The summed E-state index contributed by atoms with van der Waals surface area (Å²) in [5.74, 6) is 1.05. The Kier molecular flexibility index (Phi) is 0.487. The van der Waals surface area contributed by atoms with Crippen LogP contribution in [0.1, 0.15) is 13.3 Å². The summed E-state index contributed by atoms with van der Waals surface area (Å²) in [4.78, 5) is 0. The van der Waals surface area contributed by atoms with Crippen LogP contribution in [0.4, 0.5) is 0 Å². The number of piperidine rings is 1. The van der Waals surface area contributed by atoms with Crippen molar-refractivity contribution in [3.63, 3.8) is 0 Å². The van der Waals surface area contributed by atoms with Crippen LogP contribution in [0, 0.1) is 11.3 Å². The van der Waals surface area contributed by atoms with Crippen molar-refractivity contribution in [2.75, 3.05) is 13.1 Å². The first-order chi connectivity index (χ1) is 3.31. The molecule has 2 fully saturated rings. The molecule has 0 spiro atoms. The van der Waals surface area contributed by atoms with E-state index in [0.717, 1.165) is 11.3 Å². The molecular formula is C6H11N. The molecule has 1 saturated carbocycles. The fraction of sp³-hybridized carbons (Fsp3) is 1.00. The van der Waals surface area contributed by atoms with Crippen LogP contribution in [-0.2, 0) is 0 Å². The van der Waals surface area contributed by atoms with Gasteiger partial charge in [0.1, 0.15) is 0 Å². The van der Waals surface area contributed by atoms with Gasteiger partial charge in [0, 0.05) is 6.54 Å². The third-order valence-corrected chi connectivity index (χ3v) is 2.46. The van der Waals surface area contributed by atoms with Gasteiger partial charge in [-0.3, -0.25) is 0 Å². The zero-order valence-corrected chi connectivity index (χ0v) is 4.70. The Morgan fingerprint density at radius 1 is 1.71 bits per heavy atom. The summed E-state index contributed by atoms with van der Waals surface area (Å²) >= 11 is 0. The molecule has 0 amide bonds. The lowest BCUT2D eigenvalue weighted by Crippen LogP contribution is -2.13. The van der Waals surface area contributed by atoms with E-state index in [0.29, 0.717) is 0 Å². The Morgan fingerprint density at radius 3 is 2.71 bits per heavy atom. The predicted octanol–water partition coefficient (Wildman–Crippen LogP) is 0.616. The van der Waals surface area contributed by atoms with E-state index in [9.17, 15) is 0 Å². The number of hydrogen-bond acceptors (Lipinski definition) is 1. The molecule has 1 saturated heterocycles. The number of hydrogen-bond donors (Lipinski definition) is 1. The van der Waals surface area contributed by atoms with Gasteiger partial charge in [-0.25, -0.2) is 0 Å². The van der Waals surface area contributed by atoms with E-state index >= 15 is 0 Å². The minimum Gasteiger partial charge on any atom is -0.316 e. The number of rotatable bonds is 0. The zero-order valence-electron chi connectivity index (χ0n) is 4.70. The molecule has 1 nitrogen and oxygen atoms in total. The molecule has 2 rings (SSSR count). The lowest BCUT2D eigenvalue weighted by atomic mass is 10.1. The first-order valence-corrected chi connectivity index (χ1v) is 3.02. The highest BCUT2D eigenvalue weighted by Crippen LogP contribution is 2.54. The van der Waals surface area contributed by atoms with E-state index < -0.39 is 0 Å². The van der Waals surface area contributed by atoms with E-state index in [1.165, 1.54) is 19.5 Å². The molecule has 1 heterocycles. The van der Waals surface area contributed by atoms with Gasteiger partial charge < -0.3 is 5.32 Å². The van der Waals surface area contributed by atoms with Crippen molar-refractivity contribution in [2.24, 2.45) is 11.3 Å². The summed E-state index contributed by atoms with van der Waals surface area (Å²) in [5.41, 5.74) is 0.750. The molecule has 0 unspecified atom stereocenters. The van der Waals surface area contributed by atoms with Gasteiger partial charge in [-0.15, -0.1) is 0 Å². The van der Waals surface area contributed by atoms with Crippen molar-refractivity contribution < 1.29 is 0 Å². The van der Waals surface area contributed by atoms with Gasteiger partial charge in [-0.1, -0.05) is 6.92 Å². The highest BCUT2D eigenvalue weighted by Gasteiger charge is 2.52. The Labute approximate surface area is 44.1 Å². The Hall–Kier alpha value is -0.0400. The lowest BCUT2D eigenvalue weighted by molar-refractivity contribution is 0.576. The molecule has 0 aromatic rings. The summed E-state index contributed by atoms with van der Waals surface area (Å²) in [6.07, 6.45) is 1.49. The van der Waals surface area contributed by atoms with Crippen molar-refractivity contribution in [3.05, 3.63) is 0 Å². The maximum absolute atomic E-state index is 3.36. The maximum Gasteiger partial charge on any atom is 0.000853 e. The molecule has 0 bridgehead atoms. The van der Waals surface area contributed by atoms with Gasteiger partial charge in [-0.2, -0.15) is 0 Å². The fourth-order valence-corrected chi connectivity index (χ4v) is 1.57. The highest BCUT2D eigenvalue weighted by molar-refractivity contribution is 5.05. The third kappa shape index (κ3) is 0.367. The smallest absolute Gasteiger partial charge is 0.000853 e. The van der Waals surface area contributed by atoms with Gasteiger partial charge in [0.05, 0.1) is 0 Å². The molecule has 7 heavy (non-hydrogen) atoms. The lowest BCUT2D eigenvalue weighted by Gasteiger charge is -1.97. The molecule has 1 aliphatic heterocycles. The molecule has 2 atom stereocenters. The fourth-order valence-electron chi connectivity index (χ4n) is 1.57. The van der Waals surface area contributed by atoms with Crippen LogP contribution in [0.15, 0.2) is 0 Å². The van der Waals surface area contributed by atoms with Gasteiger partial charge in [-0.05, 0) is 24.3 Å². The van der Waals surface area contributed by atoms with Crippen LogP contribution in [0.2, 0.25) is 0 Å². The first kappa shape index (κ1) is 3.90. The van der Waals surface area contributed by atoms with Crippen LogP contribution < -0.4 is 5.32 Å².